The van der Waals surface area contributed by atoms with E-state index in [0.717, 1.165) is 81.1 Å². The molecule has 0 radical (unpaired) electrons. The number of piperidine rings is 2. The summed E-state index contributed by atoms with van der Waals surface area (Å²) in [4.78, 5) is 36.1. The van der Waals surface area contributed by atoms with Gasteiger partial charge in [0.15, 0.2) is 11.5 Å². The molecular formula is C28H31N7O. The number of carbonyl (C=O) groups excluding carboxylic acids is 1. The summed E-state index contributed by atoms with van der Waals surface area (Å²) in [6, 6.07) is 14.2. The zero-order valence-corrected chi connectivity index (χ0v) is 20.4. The Balaban J connectivity index is 1.10. The number of aromatic nitrogens is 5. The van der Waals surface area contributed by atoms with Crippen molar-refractivity contribution in [2.24, 2.45) is 5.92 Å². The van der Waals surface area contributed by atoms with Crippen molar-refractivity contribution < 1.29 is 4.79 Å². The molecule has 0 bridgehead atoms. The van der Waals surface area contributed by atoms with E-state index in [2.05, 4.69) is 41.5 Å². The van der Waals surface area contributed by atoms with Gasteiger partial charge in [-0.15, -0.1) is 0 Å². The number of pyridine rings is 3. The Labute approximate surface area is 211 Å². The van der Waals surface area contributed by atoms with Crippen LogP contribution in [-0.2, 0) is 11.3 Å². The van der Waals surface area contributed by atoms with E-state index in [0.29, 0.717) is 5.91 Å². The highest BCUT2D eigenvalue weighted by Gasteiger charge is 2.32. The number of likely N-dealkylation sites (tertiary alicyclic amines) is 2. The molecule has 4 aromatic heterocycles. The van der Waals surface area contributed by atoms with E-state index in [1.165, 1.54) is 5.56 Å². The van der Waals surface area contributed by atoms with Crippen molar-refractivity contribution >= 4 is 17.1 Å². The van der Waals surface area contributed by atoms with Crippen molar-refractivity contribution in [3.8, 4) is 11.5 Å². The largest absolute Gasteiger partial charge is 0.342 e. The quantitative estimate of drug-likeness (QED) is 0.429. The summed E-state index contributed by atoms with van der Waals surface area (Å²) in [6.45, 7) is 4.41. The summed E-state index contributed by atoms with van der Waals surface area (Å²) in [5.41, 5.74) is 3.91. The maximum atomic E-state index is 13.4. The number of imidazole rings is 1. The number of hydrogen-bond donors (Lipinski definition) is 0. The van der Waals surface area contributed by atoms with Crippen molar-refractivity contribution in [3.05, 3.63) is 72.8 Å². The first kappa shape index (κ1) is 22.8. The van der Waals surface area contributed by atoms with E-state index >= 15 is 0 Å². The fraction of sp³-hybridized carbons (Fsp3) is 0.393. The molecule has 0 spiro atoms. The number of rotatable bonds is 5. The fourth-order valence-electron chi connectivity index (χ4n) is 5.64. The second-order valence-electron chi connectivity index (χ2n) is 9.83. The van der Waals surface area contributed by atoms with E-state index in [1.54, 1.807) is 6.20 Å². The van der Waals surface area contributed by atoms with E-state index in [-0.39, 0.29) is 12.0 Å². The fourth-order valence-corrected chi connectivity index (χ4v) is 5.64. The highest BCUT2D eigenvalue weighted by molar-refractivity contribution is 5.79. The maximum Gasteiger partial charge on any atom is 0.225 e. The number of amides is 1. The molecule has 6 heterocycles. The third-order valence-corrected chi connectivity index (χ3v) is 7.58. The second-order valence-corrected chi connectivity index (χ2v) is 9.83. The van der Waals surface area contributed by atoms with Crippen LogP contribution in [0.1, 0.15) is 37.3 Å². The summed E-state index contributed by atoms with van der Waals surface area (Å²) >= 11 is 0. The van der Waals surface area contributed by atoms with Crippen molar-refractivity contribution in [1.29, 1.82) is 0 Å². The predicted molar refractivity (Wildman–Crippen MR) is 138 cm³/mol. The first-order valence-electron chi connectivity index (χ1n) is 12.9. The Hall–Kier alpha value is -3.65. The van der Waals surface area contributed by atoms with Gasteiger partial charge in [0.2, 0.25) is 5.91 Å². The minimum Gasteiger partial charge on any atom is -0.342 e. The molecule has 36 heavy (non-hydrogen) atoms. The number of nitrogens with zero attached hydrogens (tertiary/aromatic N) is 7. The molecule has 6 rings (SSSR count). The summed E-state index contributed by atoms with van der Waals surface area (Å²) in [7, 11) is 0. The van der Waals surface area contributed by atoms with Gasteiger partial charge in [0.1, 0.15) is 11.2 Å². The highest BCUT2D eigenvalue weighted by atomic mass is 16.2. The molecule has 0 atom stereocenters. The standard InChI is InChI=1S/C28H31N7O/c36-28(22-8-16-33(17-9-22)20-21-6-14-29-15-7-21)34-18-10-23(11-19-34)35-26-25(5-3-13-31-26)32-27(35)24-4-1-2-12-30-24/h1-7,12-15,22-23H,8-11,16-20H2. The average Bonchev–Trinajstić information content (AvgIpc) is 3.34. The monoisotopic (exact) mass is 481 g/mol. The van der Waals surface area contributed by atoms with Gasteiger partial charge >= 0.3 is 0 Å². The molecule has 1 amide bonds. The molecule has 0 N–H and O–H groups in total. The highest BCUT2D eigenvalue weighted by Crippen LogP contribution is 2.33. The summed E-state index contributed by atoms with van der Waals surface area (Å²) < 4.78 is 2.25. The van der Waals surface area contributed by atoms with Gasteiger partial charge in [0, 0.05) is 56.4 Å². The molecule has 0 unspecified atom stereocenters. The van der Waals surface area contributed by atoms with Crippen LogP contribution in [0, 0.1) is 5.92 Å². The van der Waals surface area contributed by atoms with Crippen molar-refractivity contribution in [2.45, 2.75) is 38.3 Å². The van der Waals surface area contributed by atoms with E-state index < -0.39 is 0 Å². The SMILES string of the molecule is O=C(C1CCN(Cc2ccncc2)CC1)N1CCC(n2c(-c3ccccn3)nc3cccnc32)CC1. The van der Waals surface area contributed by atoms with Gasteiger partial charge in [-0.3, -0.25) is 19.7 Å². The molecule has 2 saturated heterocycles. The zero-order valence-electron chi connectivity index (χ0n) is 20.4. The smallest absolute Gasteiger partial charge is 0.225 e. The number of fused-ring (bicyclic) bond motifs is 1. The van der Waals surface area contributed by atoms with E-state index in [9.17, 15) is 4.79 Å². The lowest BCUT2D eigenvalue weighted by Gasteiger charge is -2.37. The van der Waals surface area contributed by atoms with Crippen LogP contribution in [0.15, 0.2) is 67.3 Å². The molecule has 2 aliphatic rings. The number of carbonyl (C=O) groups is 1. The van der Waals surface area contributed by atoms with Crippen molar-refractivity contribution in [1.82, 2.24) is 34.3 Å². The van der Waals surface area contributed by atoms with Gasteiger partial charge in [-0.05, 0) is 80.7 Å². The van der Waals surface area contributed by atoms with Crippen LogP contribution in [0.5, 0.6) is 0 Å². The van der Waals surface area contributed by atoms with Crippen LogP contribution in [0.4, 0.5) is 0 Å². The Kier molecular flexibility index (Phi) is 6.42. The minimum absolute atomic E-state index is 0.134. The Morgan fingerprint density at radius 2 is 1.61 bits per heavy atom. The number of hydrogen-bond acceptors (Lipinski definition) is 6. The Morgan fingerprint density at radius 3 is 2.36 bits per heavy atom. The second kappa shape index (κ2) is 10.1. The topological polar surface area (TPSA) is 80.0 Å². The summed E-state index contributed by atoms with van der Waals surface area (Å²) in [5, 5.41) is 0. The Bertz CT molecular complexity index is 1310. The molecular weight excluding hydrogens is 450 g/mol. The van der Waals surface area contributed by atoms with Gasteiger partial charge in [0.25, 0.3) is 0 Å². The lowest BCUT2D eigenvalue weighted by molar-refractivity contribution is -0.138. The van der Waals surface area contributed by atoms with Crippen LogP contribution in [-0.4, -0.2) is 66.4 Å². The van der Waals surface area contributed by atoms with Gasteiger partial charge in [-0.2, -0.15) is 0 Å². The van der Waals surface area contributed by atoms with Gasteiger partial charge in [-0.1, -0.05) is 6.07 Å². The molecule has 8 nitrogen and oxygen atoms in total. The normalized spacial score (nSPS) is 18.1. The molecule has 0 aliphatic carbocycles. The van der Waals surface area contributed by atoms with Crippen molar-refractivity contribution in [2.75, 3.05) is 26.2 Å². The van der Waals surface area contributed by atoms with Gasteiger partial charge in [0.05, 0.1) is 0 Å². The van der Waals surface area contributed by atoms with Crippen LogP contribution in [0.2, 0.25) is 0 Å². The van der Waals surface area contributed by atoms with Crippen LogP contribution < -0.4 is 0 Å². The third kappa shape index (κ3) is 4.60. The van der Waals surface area contributed by atoms with E-state index in [1.807, 2.05) is 48.9 Å². The molecule has 2 fully saturated rings. The summed E-state index contributed by atoms with van der Waals surface area (Å²) in [6.07, 6.45) is 11.0. The van der Waals surface area contributed by atoms with Crippen LogP contribution in [0.25, 0.3) is 22.7 Å². The van der Waals surface area contributed by atoms with Gasteiger partial charge < -0.3 is 9.47 Å². The maximum absolute atomic E-state index is 13.4. The third-order valence-electron chi connectivity index (χ3n) is 7.58. The summed E-state index contributed by atoms with van der Waals surface area (Å²) in [5.74, 6) is 1.32. The van der Waals surface area contributed by atoms with E-state index in [4.69, 9.17) is 4.98 Å². The first-order valence-corrected chi connectivity index (χ1v) is 12.9. The van der Waals surface area contributed by atoms with Crippen LogP contribution in [0.3, 0.4) is 0 Å². The molecule has 2 aliphatic heterocycles. The molecule has 4 aromatic rings. The first-order chi connectivity index (χ1) is 17.8. The Morgan fingerprint density at radius 1 is 0.833 bits per heavy atom. The zero-order chi connectivity index (χ0) is 24.3. The van der Waals surface area contributed by atoms with Crippen molar-refractivity contribution in [3.63, 3.8) is 0 Å². The minimum atomic E-state index is 0.134. The average molecular weight is 482 g/mol. The van der Waals surface area contributed by atoms with Gasteiger partial charge in [-0.25, -0.2) is 9.97 Å². The van der Waals surface area contributed by atoms with Crippen LogP contribution >= 0.6 is 0 Å². The molecule has 184 valence electrons. The molecule has 0 aromatic carbocycles. The molecule has 0 saturated carbocycles. The lowest BCUT2D eigenvalue weighted by atomic mass is 9.93. The molecule has 8 heteroatoms. The lowest BCUT2D eigenvalue weighted by Crippen LogP contribution is -2.45. The predicted octanol–water partition coefficient (Wildman–Crippen LogP) is 3.96.